The van der Waals surface area contributed by atoms with Gasteiger partial charge in [0.2, 0.25) is 0 Å². The lowest BCUT2D eigenvalue weighted by Gasteiger charge is -2.63. The van der Waals surface area contributed by atoms with Crippen molar-refractivity contribution in [1.82, 2.24) is 5.32 Å². The molecule has 0 spiro atoms. The molecule has 3 atom stereocenters. The van der Waals surface area contributed by atoms with E-state index in [2.05, 4.69) is 47.8 Å². The predicted octanol–water partition coefficient (Wildman–Crippen LogP) is 4.77. The fourth-order valence-electron chi connectivity index (χ4n) is 6.77. The largest absolute Gasteiger partial charge is 0.381 e. The van der Waals surface area contributed by atoms with Gasteiger partial charge < -0.3 is 10.1 Å². The number of ether oxygens (including phenoxy) is 1. The molecule has 1 aromatic carbocycles. The number of hydrogen-bond acceptors (Lipinski definition) is 3. The van der Waals surface area contributed by atoms with Crippen molar-refractivity contribution in [2.24, 2.45) is 10.8 Å². The van der Waals surface area contributed by atoms with Crippen molar-refractivity contribution in [3.8, 4) is 0 Å². The lowest BCUT2D eigenvalue weighted by molar-refractivity contribution is -0.156. The van der Waals surface area contributed by atoms with Gasteiger partial charge in [0.25, 0.3) is 0 Å². The Balaban J connectivity index is 1.36. The topological polar surface area (TPSA) is 38.3 Å². The van der Waals surface area contributed by atoms with Gasteiger partial charge in [0.05, 0.1) is 12.0 Å². The SMILES string of the molecule is O=C1CCC[C@@]2(COCCCc3ccccc3)[C@H]3CC4=C(C=CCC4)[C@@]12CCN3. The van der Waals surface area contributed by atoms with Crippen LogP contribution < -0.4 is 5.32 Å². The van der Waals surface area contributed by atoms with E-state index in [9.17, 15) is 4.79 Å². The maximum atomic E-state index is 13.5. The first-order valence-corrected chi connectivity index (χ1v) is 11.5. The van der Waals surface area contributed by atoms with Crippen LogP contribution in [0.4, 0.5) is 0 Å². The summed E-state index contributed by atoms with van der Waals surface area (Å²) in [6.07, 6.45) is 13.9. The van der Waals surface area contributed by atoms with E-state index in [1.165, 1.54) is 11.1 Å². The zero-order chi connectivity index (χ0) is 19.7. The van der Waals surface area contributed by atoms with Gasteiger partial charge in [-0.15, -0.1) is 0 Å². The number of ketones is 1. The van der Waals surface area contributed by atoms with E-state index in [1.54, 1.807) is 5.57 Å². The number of rotatable bonds is 6. The fraction of sp³-hybridized carbons (Fsp3) is 0.577. The molecule has 0 radical (unpaired) electrons. The third kappa shape index (κ3) is 3.05. The number of carbonyl (C=O) groups is 1. The molecule has 3 nitrogen and oxygen atoms in total. The molecule has 1 saturated carbocycles. The fourth-order valence-corrected chi connectivity index (χ4v) is 6.77. The van der Waals surface area contributed by atoms with Gasteiger partial charge >= 0.3 is 0 Å². The average molecular weight is 392 g/mol. The van der Waals surface area contributed by atoms with Crippen LogP contribution in [0.1, 0.15) is 56.9 Å². The molecule has 4 aliphatic rings. The lowest BCUT2D eigenvalue weighted by Crippen LogP contribution is -2.69. The molecule has 154 valence electrons. The summed E-state index contributed by atoms with van der Waals surface area (Å²) in [6, 6.07) is 11.0. The van der Waals surface area contributed by atoms with Crippen LogP contribution in [0, 0.1) is 10.8 Å². The van der Waals surface area contributed by atoms with Crippen molar-refractivity contribution < 1.29 is 9.53 Å². The van der Waals surface area contributed by atoms with Crippen LogP contribution in [0.5, 0.6) is 0 Å². The lowest BCUT2D eigenvalue weighted by atomic mass is 9.43. The third-order valence-electron chi connectivity index (χ3n) is 8.06. The van der Waals surface area contributed by atoms with Crippen LogP contribution in [-0.4, -0.2) is 31.6 Å². The average Bonchev–Trinajstić information content (AvgIpc) is 2.74. The van der Waals surface area contributed by atoms with E-state index >= 15 is 0 Å². The molecule has 0 unspecified atom stereocenters. The Kier molecular flexibility index (Phi) is 5.21. The summed E-state index contributed by atoms with van der Waals surface area (Å²) in [6.45, 7) is 2.45. The number of piperidine rings is 1. The number of nitrogens with one attached hydrogen (secondary N) is 1. The molecule has 3 heteroatoms. The van der Waals surface area contributed by atoms with E-state index < -0.39 is 0 Å². The molecule has 0 aromatic heterocycles. The smallest absolute Gasteiger partial charge is 0.144 e. The highest BCUT2D eigenvalue weighted by Crippen LogP contribution is 2.64. The van der Waals surface area contributed by atoms with Crippen LogP contribution in [0.25, 0.3) is 0 Å². The minimum atomic E-state index is -0.300. The first-order valence-electron chi connectivity index (χ1n) is 11.5. The highest BCUT2D eigenvalue weighted by Gasteiger charge is 2.65. The van der Waals surface area contributed by atoms with Crippen LogP contribution in [0.15, 0.2) is 53.6 Å². The van der Waals surface area contributed by atoms with E-state index in [0.717, 1.165) is 77.5 Å². The van der Waals surface area contributed by atoms with Crippen molar-refractivity contribution in [2.45, 2.75) is 63.8 Å². The van der Waals surface area contributed by atoms with E-state index in [4.69, 9.17) is 4.74 Å². The van der Waals surface area contributed by atoms with E-state index in [-0.39, 0.29) is 10.8 Å². The summed E-state index contributed by atoms with van der Waals surface area (Å²) in [5.74, 6) is 0.488. The van der Waals surface area contributed by atoms with E-state index in [0.29, 0.717) is 11.8 Å². The first kappa shape index (κ1) is 19.3. The Morgan fingerprint density at radius 1 is 1.14 bits per heavy atom. The van der Waals surface area contributed by atoms with Crippen molar-refractivity contribution in [1.29, 1.82) is 0 Å². The normalized spacial score (nSPS) is 33.4. The maximum absolute atomic E-state index is 13.5. The summed E-state index contributed by atoms with van der Waals surface area (Å²) in [5, 5.41) is 3.82. The molecule has 2 fully saturated rings. The van der Waals surface area contributed by atoms with Gasteiger partial charge in [0, 0.05) is 24.5 Å². The van der Waals surface area contributed by atoms with Crippen LogP contribution >= 0.6 is 0 Å². The highest BCUT2D eigenvalue weighted by molar-refractivity contribution is 5.91. The molecule has 1 aromatic rings. The molecule has 1 aliphatic heterocycles. The summed E-state index contributed by atoms with van der Waals surface area (Å²) < 4.78 is 6.38. The van der Waals surface area contributed by atoms with Gasteiger partial charge in [-0.3, -0.25) is 4.79 Å². The summed E-state index contributed by atoms with van der Waals surface area (Å²) in [7, 11) is 0. The summed E-state index contributed by atoms with van der Waals surface area (Å²) in [5.41, 5.74) is 3.94. The Hall–Kier alpha value is -1.71. The van der Waals surface area contributed by atoms with Crippen molar-refractivity contribution in [3.63, 3.8) is 0 Å². The van der Waals surface area contributed by atoms with Gasteiger partial charge in [0.15, 0.2) is 0 Å². The first-order chi connectivity index (χ1) is 14.3. The molecule has 29 heavy (non-hydrogen) atoms. The van der Waals surface area contributed by atoms with Gasteiger partial charge in [-0.25, -0.2) is 0 Å². The molecule has 0 amide bonds. The molecular formula is C26H33NO2. The Bertz CT molecular complexity index is 826. The molecule has 1 N–H and O–H groups in total. The van der Waals surface area contributed by atoms with E-state index in [1.807, 2.05) is 0 Å². The Morgan fingerprint density at radius 2 is 2.03 bits per heavy atom. The number of allylic oxidation sites excluding steroid dienone is 3. The Morgan fingerprint density at radius 3 is 2.93 bits per heavy atom. The van der Waals surface area contributed by atoms with Gasteiger partial charge in [-0.1, -0.05) is 48.1 Å². The monoisotopic (exact) mass is 391 g/mol. The second-order valence-corrected chi connectivity index (χ2v) is 9.40. The third-order valence-corrected chi connectivity index (χ3v) is 8.06. The molecule has 1 saturated heterocycles. The molecule has 1 heterocycles. The number of hydrogen-bond donors (Lipinski definition) is 1. The Labute approximate surface area is 174 Å². The van der Waals surface area contributed by atoms with Crippen molar-refractivity contribution in [3.05, 3.63) is 59.2 Å². The summed E-state index contributed by atoms with van der Waals surface area (Å²) >= 11 is 0. The number of aryl methyl sites for hydroxylation is 1. The molecule has 3 aliphatic carbocycles. The number of benzene rings is 1. The van der Waals surface area contributed by atoms with Crippen LogP contribution in [0.3, 0.4) is 0 Å². The minimum Gasteiger partial charge on any atom is -0.381 e. The second kappa shape index (κ2) is 7.85. The molecular weight excluding hydrogens is 358 g/mol. The van der Waals surface area contributed by atoms with Crippen LogP contribution in [-0.2, 0) is 16.0 Å². The quantitative estimate of drug-likeness (QED) is 0.710. The van der Waals surface area contributed by atoms with Crippen molar-refractivity contribution in [2.75, 3.05) is 19.8 Å². The number of carbonyl (C=O) groups excluding carboxylic acids is 1. The highest BCUT2D eigenvalue weighted by atomic mass is 16.5. The number of Topliss-reactive ketones (excluding diaryl/α,β-unsaturated/α-hetero) is 1. The molecule has 2 bridgehead atoms. The van der Waals surface area contributed by atoms with Crippen molar-refractivity contribution >= 4 is 5.78 Å². The minimum absolute atomic E-state index is 0.0617. The summed E-state index contributed by atoms with van der Waals surface area (Å²) in [4.78, 5) is 13.5. The zero-order valence-corrected chi connectivity index (χ0v) is 17.4. The van der Waals surface area contributed by atoms with Crippen LogP contribution in [0.2, 0.25) is 0 Å². The zero-order valence-electron chi connectivity index (χ0n) is 17.4. The van der Waals surface area contributed by atoms with Gasteiger partial charge in [-0.2, -0.15) is 0 Å². The van der Waals surface area contributed by atoms with Gasteiger partial charge in [0.1, 0.15) is 5.78 Å². The second-order valence-electron chi connectivity index (χ2n) is 9.40. The molecule has 5 rings (SSSR count). The van der Waals surface area contributed by atoms with Gasteiger partial charge in [-0.05, 0) is 69.0 Å². The maximum Gasteiger partial charge on any atom is 0.144 e. The predicted molar refractivity (Wildman–Crippen MR) is 116 cm³/mol. The standard InChI is InChI=1S/C26H33NO2/c28-24-13-6-14-25(19-29-17-7-10-20-8-2-1-3-9-20)23-18-21-11-4-5-12-22(21)26(24,25)15-16-27-23/h1-3,5,8-9,12,23,27H,4,6-7,10-11,13-19H2/t23-,25-,26+/m1/s1.